The van der Waals surface area contributed by atoms with Gasteiger partial charge in [-0.2, -0.15) is 0 Å². The van der Waals surface area contributed by atoms with Crippen LogP contribution in [-0.4, -0.2) is 105 Å². The summed E-state index contributed by atoms with van der Waals surface area (Å²) in [5.41, 5.74) is 0.746. The van der Waals surface area contributed by atoms with Gasteiger partial charge < -0.3 is 19.4 Å². The number of hydrogen-bond acceptors (Lipinski definition) is 5. The van der Waals surface area contributed by atoms with Gasteiger partial charge >= 0.3 is 0 Å². The molecule has 1 aromatic carbocycles. The molecule has 2 aliphatic rings. The topological polar surface area (TPSA) is 39.3 Å². The molecule has 1 atom stereocenters. The molecule has 2 fully saturated rings. The molecule has 1 amide bonds. The third-order valence-corrected chi connectivity index (χ3v) is 5.55. The van der Waals surface area contributed by atoms with Crippen LogP contribution in [-0.2, 0) is 0 Å². The number of likely N-dealkylation sites (N-methyl/N-ethyl adjacent to an activating group) is 2. The lowest BCUT2D eigenvalue weighted by atomic mass is 10.2. The lowest BCUT2D eigenvalue weighted by Crippen LogP contribution is -2.45. The van der Waals surface area contributed by atoms with Gasteiger partial charge in [-0.3, -0.25) is 9.69 Å². The number of carbonyl (C=O) groups excluding carboxylic acids is 1. The Balaban J connectivity index is 1.44. The minimum atomic E-state index is 0.123. The van der Waals surface area contributed by atoms with E-state index in [-0.39, 0.29) is 5.91 Å². The summed E-state index contributed by atoms with van der Waals surface area (Å²) in [7, 11) is 6.32. The van der Waals surface area contributed by atoms with Gasteiger partial charge in [-0.1, -0.05) is 0 Å². The molecule has 0 aromatic heterocycles. The summed E-state index contributed by atoms with van der Waals surface area (Å²) in [5.74, 6) is 0.960. The van der Waals surface area contributed by atoms with Crippen LogP contribution in [0.3, 0.4) is 0 Å². The van der Waals surface area contributed by atoms with Crippen molar-refractivity contribution in [2.24, 2.45) is 0 Å². The normalized spacial score (nSPS) is 22.2. The standard InChI is InChI=1S/C20H32N4O2/c1-21(2)18-8-9-24(16-18)20(25)17-4-6-19(7-5-17)26-15-14-23-12-10-22(3)11-13-23/h4-7,18H,8-16H2,1-3H3/t18-/m1/s1. The SMILES string of the molecule is CN1CCN(CCOc2ccc(C(=O)N3CC[C@@H](N(C)C)C3)cc2)CC1. The Morgan fingerprint density at radius 2 is 1.81 bits per heavy atom. The van der Waals surface area contributed by atoms with E-state index in [1.54, 1.807) is 0 Å². The van der Waals surface area contributed by atoms with Crippen LogP contribution in [0.5, 0.6) is 5.75 Å². The number of piperazine rings is 1. The van der Waals surface area contributed by atoms with E-state index in [1.165, 1.54) is 0 Å². The summed E-state index contributed by atoms with van der Waals surface area (Å²) in [5, 5.41) is 0. The molecule has 0 spiro atoms. The molecule has 2 aliphatic heterocycles. The summed E-state index contributed by atoms with van der Waals surface area (Å²) < 4.78 is 5.86. The van der Waals surface area contributed by atoms with Crippen LogP contribution in [0.2, 0.25) is 0 Å². The van der Waals surface area contributed by atoms with Crippen molar-refractivity contribution in [2.75, 3.05) is 73.6 Å². The second-order valence-corrected chi connectivity index (χ2v) is 7.68. The Hall–Kier alpha value is -1.63. The van der Waals surface area contributed by atoms with Crippen LogP contribution in [0.1, 0.15) is 16.8 Å². The van der Waals surface area contributed by atoms with Gasteiger partial charge in [0.25, 0.3) is 5.91 Å². The average molecular weight is 361 g/mol. The number of rotatable bonds is 6. The highest BCUT2D eigenvalue weighted by atomic mass is 16.5. The Morgan fingerprint density at radius 3 is 2.42 bits per heavy atom. The predicted molar refractivity (Wildman–Crippen MR) is 104 cm³/mol. The highest BCUT2D eigenvalue weighted by molar-refractivity contribution is 5.94. The molecule has 0 aliphatic carbocycles. The Labute approximate surface area is 157 Å². The molecule has 1 aromatic rings. The molecule has 0 saturated carbocycles. The molecule has 6 heteroatoms. The Bertz CT molecular complexity index is 582. The fourth-order valence-corrected chi connectivity index (χ4v) is 3.59. The number of amides is 1. The monoisotopic (exact) mass is 360 g/mol. The van der Waals surface area contributed by atoms with E-state index in [4.69, 9.17) is 4.74 Å². The molecular formula is C20H32N4O2. The summed E-state index contributed by atoms with van der Waals surface area (Å²) in [6, 6.07) is 8.07. The molecule has 3 rings (SSSR count). The quantitative estimate of drug-likeness (QED) is 0.759. The fraction of sp³-hybridized carbons (Fsp3) is 0.650. The number of hydrogen-bond donors (Lipinski definition) is 0. The van der Waals surface area contributed by atoms with E-state index >= 15 is 0 Å². The van der Waals surface area contributed by atoms with Gasteiger partial charge in [0.2, 0.25) is 0 Å². The third-order valence-electron chi connectivity index (χ3n) is 5.55. The van der Waals surface area contributed by atoms with Crippen LogP contribution in [0.15, 0.2) is 24.3 Å². The van der Waals surface area contributed by atoms with E-state index in [1.807, 2.05) is 29.2 Å². The number of likely N-dealkylation sites (tertiary alicyclic amines) is 1. The van der Waals surface area contributed by atoms with Gasteiger partial charge in [0, 0.05) is 57.4 Å². The van der Waals surface area contributed by atoms with Crippen molar-refractivity contribution in [3.05, 3.63) is 29.8 Å². The first-order chi connectivity index (χ1) is 12.5. The maximum atomic E-state index is 12.6. The fourth-order valence-electron chi connectivity index (χ4n) is 3.59. The summed E-state index contributed by atoms with van der Waals surface area (Å²) >= 11 is 0. The molecule has 2 heterocycles. The van der Waals surface area contributed by atoms with Crippen molar-refractivity contribution in [3.8, 4) is 5.75 Å². The second kappa shape index (κ2) is 8.84. The molecular weight excluding hydrogens is 328 g/mol. The Kier molecular flexibility index (Phi) is 6.51. The largest absolute Gasteiger partial charge is 0.492 e. The van der Waals surface area contributed by atoms with Gasteiger partial charge in [0.1, 0.15) is 12.4 Å². The Morgan fingerprint density at radius 1 is 1.12 bits per heavy atom. The van der Waals surface area contributed by atoms with Crippen molar-refractivity contribution < 1.29 is 9.53 Å². The van der Waals surface area contributed by atoms with Crippen molar-refractivity contribution in [3.63, 3.8) is 0 Å². The van der Waals surface area contributed by atoms with Gasteiger partial charge in [-0.15, -0.1) is 0 Å². The van der Waals surface area contributed by atoms with Crippen LogP contribution >= 0.6 is 0 Å². The minimum absolute atomic E-state index is 0.123. The first kappa shape index (κ1) is 19.1. The van der Waals surface area contributed by atoms with E-state index in [9.17, 15) is 4.79 Å². The number of ether oxygens (including phenoxy) is 1. The maximum Gasteiger partial charge on any atom is 0.253 e. The summed E-state index contributed by atoms with van der Waals surface area (Å²) in [4.78, 5) is 21.6. The van der Waals surface area contributed by atoms with E-state index in [2.05, 4.69) is 35.8 Å². The van der Waals surface area contributed by atoms with Crippen molar-refractivity contribution in [1.29, 1.82) is 0 Å². The van der Waals surface area contributed by atoms with Gasteiger partial charge in [-0.25, -0.2) is 0 Å². The van der Waals surface area contributed by atoms with Crippen molar-refractivity contribution in [1.82, 2.24) is 19.6 Å². The smallest absolute Gasteiger partial charge is 0.253 e. The van der Waals surface area contributed by atoms with Gasteiger partial charge in [-0.05, 0) is 51.8 Å². The van der Waals surface area contributed by atoms with E-state index < -0.39 is 0 Å². The minimum Gasteiger partial charge on any atom is -0.492 e. The molecule has 26 heavy (non-hydrogen) atoms. The highest BCUT2D eigenvalue weighted by Crippen LogP contribution is 2.18. The summed E-state index contributed by atoms with van der Waals surface area (Å²) in [6.45, 7) is 7.76. The predicted octanol–water partition coefficient (Wildman–Crippen LogP) is 1.09. The zero-order valence-electron chi connectivity index (χ0n) is 16.4. The number of carbonyl (C=O) groups is 1. The zero-order chi connectivity index (χ0) is 18.5. The molecule has 144 valence electrons. The molecule has 0 N–H and O–H groups in total. The van der Waals surface area contributed by atoms with Gasteiger partial charge in [0.15, 0.2) is 0 Å². The van der Waals surface area contributed by atoms with E-state index in [0.717, 1.165) is 63.5 Å². The van der Waals surface area contributed by atoms with Crippen molar-refractivity contribution >= 4 is 5.91 Å². The lowest BCUT2D eigenvalue weighted by Gasteiger charge is -2.32. The number of benzene rings is 1. The first-order valence-electron chi connectivity index (χ1n) is 9.62. The highest BCUT2D eigenvalue weighted by Gasteiger charge is 2.27. The van der Waals surface area contributed by atoms with Crippen molar-refractivity contribution in [2.45, 2.75) is 12.5 Å². The van der Waals surface area contributed by atoms with Crippen LogP contribution in [0.25, 0.3) is 0 Å². The van der Waals surface area contributed by atoms with Crippen LogP contribution < -0.4 is 4.74 Å². The second-order valence-electron chi connectivity index (χ2n) is 7.68. The molecule has 2 saturated heterocycles. The number of nitrogens with zero attached hydrogens (tertiary/aromatic N) is 4. The third kappa shape index (κ3) is 4.96. The summed E-state index contributed by atoms with van der Waals surface area (Å²) in [6.07, 6.45) is 1.05. The molecule has 0 radical (unpaired) electrons. The molecule has 0 bridgehead atoms. The van der Waals surface area contributed by atoms with E-state index in [0.29, 0.717) is 12.6 Å². The first-order valence-corrected chi connectivity index (χ1v) is 9.62. The zero-order valence-corrected chi connectivity index (χ0v) is 16.4. The van der Waals surface area contributed by atoms with Crippen LogP contribution in [0.4, 0.5) is 0 Å². The lowest BCUT2D eigenvalue weighted by molar-refractivity contribution is 0.0783. The van der Waals surface area contributed by atoms with Crippen LogP contribution in [0, 0.1) is 0 Å². The average Bonchev–Trinajstić information content (AvgIpc) is 3.14. The molecule has 6 nitrogen and oxygen atoms in total. The molecule has 0 unspecified atom stereocenters. The van der Waals surface area contributed by atoms with Gasteiger partial charge in [0.05, 0.1) is 0 Å². The maximum absolute atomic E-state index is 12.6.